The molecule has 1 N–H and O–H groups in total. The predicted octanol–water partition coefficient (Wildman–Crippen LogP) is 2.42. The van der Waals surface area contributed by atoms with E-state index >= 15 is 0 Å². The zero-order valence-electron chi connectivity index (χ0n) is 9.67. The highest BCUT2D eigenvalue weighted by Gasteiger charge is 2.18. The second-order valence-electron chi connectivity index (χ2n) is 3.49. The van der Waals surface area contributed by atoms with Crippen LogP contribution in [0.3, 0.4) is 0 Å². The Morgan fingerprint density at radius 3 is 2.71 bits per heavy atom. The smallest absolute Gasteiger partial charge is 0.323 e. The van der Waals surface area contributed by atoms with Gasteiger partial charge in [0.25, 0.3) is 0 Å². The van der Waals surface area contributed by atoms with Crippen molar-refractivity contribution in [3.05, 3.63) is 35.9 Å². The highest BCUT2D eigenvalue weighted by molar-refractivity contribution is 14.1. The Labute approximate surface area is 115 Å². The number of ether oxygens (including phenoxy) is 1. The lowest BCUT2D eigenvalue weighted by molar-refractivity contribution is -0.148. The predicted molar refractivity (Wildman–Crippen MR) is 73.2 cm³/mol. The first-order valence-electron chi connectivity index (χ1n) is 5.44. The summed E-state index contributed by atoms with van der Waals surface area (Å²) in [5, 5.41) is 10.3. The van der Waals surface area contributed by atoms with Crippen LogP contribution in [0.15, 0.2) is 30.3 Å². The van der Waals surface area contributed by atoms with Gasteiger partial charge in [0.2, 0.25) is 0 Å². The molecule has 94 valence electrons. The summed E-state index contributed by atoms with van der Waals surface area (Å²) < 4.78 is 4.78. The number of hydrogen-bond acceptors (Lipinski definition) is 4. The first-order valence-corrected chi connectivity index (χ1v) is 6.69. The molecule has 0 aliphatic heterocycles. The number of nitrogens with zero attached hydrogens (tertiary/aromatic N) is 1. The Morgan fingerprint density at radius 2 is 2.12 bits per heavy atom. The Kier molecular flexibility index (Phi) is 6.46. The fourth-order valence-corrected chi connectivity index (χ4v) is 1.84. The van der Waals surface area contributed by atoms with Gasteiger partial charge in [-0.25, -0.2) is 0 Å². The molecule has 0 aliphatic rings. The summed E-state index contributed by atoms with van der Waals surface area (Å²) in [5.74, 6) is -0.277. The number of carbonyl (C=O) groups excluding carboxylic acids is 1. The lowest BCUT2D eigenvalue weighted by atomic mass is 10.2. The van der Waals surface area contributed by atoms with Crippen LogP contribution in [0.5, 0.6) is 0 Å². The van der Waals surface area contributed by atoms with Gasteiger partial charge in [-0.15, -0.1) is 0 Å². The fourth-order valence-electron chi connectivity index (χ4n) is 1.24. The molecular weight excluding hydrogens is 333 g/mol. The molecule has 0 aliphatic carbocycles. The SMILES string of the molecule is CCN(O)CCOC(=O)C(I)c1ccccc1. The van der Waals surface area contributed by atoms with E-state index in [-0.39, 0.29) is 16.5 Å². The monoisotopic (exact) mass is 349 g/mol. The number of benzene rings is 1. The maximum atomic E-state index is 11.7. The van der Waals surface area contributed by atoms with Gasteiger partial charge in [0.05, 0.1) is 6.54 Å². The molecule has 4 nitrogen and oxygen atoms in total. The topological polar surface area (TPSA) is 49.8 Å². The van der Waals surface area contributed by atoms with Gasteiger partial charge in [-0.05, 0) is 5.56 Å². The average Bonchev–Trinajstić information content (AvgIpc) is 2.38. The zero-order chi connectivity index (χ0) is 12.7. The third-order valence-corrected chi connectivity index (χ3v) is 3.49. The van der Waals surface area contributed by atoms with Crippen molar-refractivity contribution < 1.29 is 14.7 Å². The van der Waals surface area contributed by atoms with E-state index in [2.05, 4.69) is 0 Å². The molecule has 0 aromatic heterocycles. The molecule has 17 heavy (non-hydrogen) atoms. The molecule has 0 saturated heterocycles. The molecule has 1 rings (SSSR count). The van der Waals surface area contributed by atoms with Crippen LogP contribution in [0.4, 0.5) is 0 Å². The van der Waals surface area contributed by atoms with Crippen molar-refractivity contribution in [3.63, 3.8) is 0 Å². The van der Waals surface area contributed by atoms with Crippen molar-refractivity contribution >= 4 is 28.6 Å². The number of alkyl halides is 1. The van der Waals surface area contributed by atoms with Gasteiger partial charge in [-0.3, -0.25) is 4.79 Å². The van der Waals surface area contributed by atoms with E-state index in [1.54, 1.807) is 0 Å². The lowest BCUT2D eigenvalue weighted by Crippen LogP contribution is -2.25. The van der Waals surface area contributed by atoms with Crippen LogP contribution in [0, 0.1) is 0 Å². The Morgan fingerprint density at radius 1 is 1.47 bits per heavy atom. The third kappa shape index (κ3) is 5.01. The zero-order valence-corrected chi connectivity index (χ0v) is 11.8. The van der Waals surface area contributed by atoms with E-state index in [0.29, 0.717) is 13.1 Å². The molecule has 0 amide bonds. The van der Waals surface area contributed by atoms with Gasteiger partial charge in [-0.2, -0.15) is 5.06 Å². The summed E-state index contributed by atoms with van der Waals surface area (Å²) in [6, 6.07) is 9.47. The van der Waals surface area contributed by atoms with E-state index < -0.39 is 0 Å². The quantitative estimate of drug-likeness (QED) is 0.371. The van der Waals surface area contributed by atoms with Crippen molar-refractivity contribution in [2.24, 2.45) is 0 Å². The van der Waals surface area contributed by atoms with Crippen molar-refractivity contribution in [1.29, 1.82) is 0 Å². The first kappa shape index (κ1) is 14.4. The highest BCUT2D eigenvalue weighted by atomic mass is 127. The number of esters is 1. The van der Waals surface area contributed by atoms with Crippen LogP contribution in [0.1, 0.15) is 16.4 Å². The van der Waals surface area contributed by atoms with Gasteiger partial charge in [0.15, 0.2) is 0 Å². The molecule has 0 radical (unpaired) electrons. The molecule has 0 bridgehead atoms. The molecule has 0 saturated carbocycles. The van der Waals surface area contributed by atoms with E-state index in [1.807, 2.05) is 59.8 Å². The number of carbonyl (C=O) groups is 1. The minimum atomic E-state index is -0.303. The summed E-state index contributed by atoms with van der Waals surface area (Å²) in [5.41, 5.74) is 0.925. The fraction of sp³-hybridized carbons (Fsp3) is 0.417. The van der Waals surface area contributed by atoms with Crippen molar-refractivity contribution in [1.82, 2.24) is 5.06 Å². The molecule has 1 aromatic carbocycles. The lowest BCUT2D eigenvalue weighted by Gasteiger charge is -2.14. The van der Waals surface area contributed by atoms with Crippen LogP contribution in [-0.2, 0) is 9.53 Å². The van der Waals surface area contributed by atoms with Gasteiger partial charge in [0, 0.05) is 6.54 Å². The van der Waals surface area contributed by atoms with Crippen LogP contribution in [0.25, 0.3) is 0 Å². The number of rotatable bonds is 6. The van der Waals surface area contributed by atoms with Crippen molar-refractivity contribution in [3.8, 4) is 0 Å². The summed E-state index contributed by atoms with van der Waals surface area (Å²) in [6.07, 6.45) is 0. The summed E-state index contributed by atoms with van der Waals surface area (Å²) >= 11 is 2.05. The van der Waals surface area contributed by atoms with Gasteiger partial charge in [0.1, 0.15) is 10.5 Å². The van der Waals surface area contributed by atoms with E-state index in [1.165, 1.54) is 0 Å². The third-order valence-electron chi connectivity index (χ3n) is 2.26. The number of hydroxylamine groups is 2. The minimum Gasteiger partial charge on any atom is -0.463 e. The van der Waals surface area contributed by atoms with Crippen LogP contribution in [0.2, 0.25) is 0 Å². The second-order valence-corrected chi connectivity index (χ2v) is 4.73. The molecule has 0 spiro atoms. The van der Waals surface area contributed by atoms with Crippen LogP contribution < -0.4 is 0 Å². The Bertz CT molecular complexity index is 345. The Hall–Kier alpha value is -0.660. The first-order chi connectivity index (χ1) is 8.15. The molecule has 5 heteroatoms. The molecule has 1 unspecified atom stereocenters. The molecular formula is C12H16INO3. The van der Waals surface area contributed by atoms with Crippen LogP contribution >= 0.6 is 22.6 Å². The maximum Gasteiger partial charge on any atom is 0.323 e. The number of hydrogen-bond donors (Lipinski definition) is 1. The van der Waals surface area contributed by atoms with Crippen LogP contribution in [-0.4, -0.2) is 35.9 Å². The molecule has 1 atom stereocenters. The standard InChI is InChI=1S/C12H16INO3/c1-2-14(16)8-9-17-12(15)11(13)10-6-4-3-5-7-10/h3-7,11,16H,2,8-9H2,1H3. The maximum absolute atomic E-state index is 11.7. The summed E-state index contributed by atoms with van der Waals surface area (Å²) in [6.45, 7) is 2.88. The van der Waals surface area contributed by atoms with Gasteiger partial charge < -0.3 is 9.94 Å². The summed E-state index contributed by atoms with van der Waals surface area (Å²) in [7, 11) is 0. The number of likely N-dealkylation sites (N-methyl/N-ethyl adjacent to an activating group) is 1. The van der Waals surface area contributed by atoms with Crippen molar-refractivity contribution in [2.75, 3.05) is 19.7 Å². The molecule has 1 aromatic rings. The average molecular weight is 349 g/mol. The Balaban J connectivity index is 2.38. The van der Waals surface area contributed by atoms with Crippen molar-refractivity contribution in [2.45, 2.75) is 10.8 Å². The highest BCUT2D eigenvalue weighted by Crippen LogP contribution is 2.24. The van der Waals surface area contributed by atoms with E-state index in [0.717, 1.165) is 10.6 Å². The number of halogens is 1. The largest absolute Gasteiger partial charge is 0.463 e. The normalized spacial score (nSPS) is 12.5. The van der Waals surface area contributed by atoms with E-state index in [9.17, 15) is 4.79 Å². The van der Waals surface area contributed by atoms with Gasteiger partial charge >= 0.3 is 5.97 Å². The molecule has 0 heterocycles. The van der Waals surface area contributed by atoms with Gasteiger partial charge in [-0.1, -0.05) is 59.8 Å². The van der Waals surface area contributed by atoms with E-state index in [4.69, 9.17) is 9.94 Å². The minimum absolute atomic E-state index is 0.204. The second kappa shape index (κ2) is 7.62. The molecule has 0 fully saturated rings. The summed E-state index contributed by atoms with van der Waals surface area (Å²) in [4.78, 5) is 11.7.